The minimum absolute atomic E-state index is 0.520. The summed E-state index contributed by atoms with van der Waals surface area (Å²) in [4.78, 5) is 10.3. The number of sulfonamides is 1. The highest BCUT2D eigenvalue weighted by Gasteiger charge is 2.19. The van der Waals surface area contributed by atoms with Crippen molar-refractivity contribution in [3.8, 4) is 0 Å². The van der Waals surface area contributed by atoms with Crippen molar-refractivity contribution in [3.05, 3.63) is 29.8 Å². The first-order valence-electron chi connectivity index (χ1n) is 4.87. The van der Waals surface area contributed by atoms with Gasteiger partial charge in [0.25, 0.3) is 0 Å². The lowest BCUT2D eigenvalue weighted by Crippen LogP contribution is -2.32. The summed E-state index contributed by atoms with van der Waals surface area (Å²) < 4.78 is 25.0. The Morgan fingerprint density at radius 1 is 1.53 bits per heavy atom. The quantitative estimate of drug-likeness (QED) is 0.659. The monoisotopic (exact) mass is 258 g/mol. The molecule has 0 aromatic heterocycles. The number of aliphatic carboxylic acids is 1. The van der Waals surface area contributed by atoms with E-state index in [4.69, 9.17) is 10.8 Å². The number of hydrogen-bond donors (Lipinski definition) is 3. The van der Waals surface area contributed by atoms with Gasteiger partial charge in [-0.1, -0.05) is 12.1 Å². The van der Waals surface area contributed by atoms with E-state index < -0.39 is 27.8 Å². The van der Waals surface area contributed by atoms with Crippen LogP contribution in [0.15, 0.2) is 24.3 Å². The van der Waals surface area contributed by atoms with Crippen LogP contribution in [0.4, 0.5) is 5.69 Å². The second-order valence-corrected chi connectivity index (χ2v) is 5.42. The molecule has 0 radical (unpaired) electrons. The number of nitrogen functional groups attached to an aromatic ring is 1. The molecular formula is C10H14N2O4S. The lowest BCUT2D eigenvalue weighted by molar-refractivity contribution is -0.134. The van der Waals surface area contributed by atoms with Gasteiger partial charge in [0.1, 0.15) is 0 Å². The summed E-state index contributed by atoms with van der Waals surface area (Å²) in [6.07, 6.45) is 0. The first-order valence-corrected chi connectivity index (χ1v) is 6.52. The molecule has 17 heavy (non-hydrogen) atoms. The van der Waals surface area contributed by atoms with Crippen molar-refractivity contribution in [2.45, 2.75) is 13.0 Å². The predicted octanol–water partition coefficient (Wildman–Crippen LogP) is 0.334. The van der Waals surface area contributed by atoms with Gasteiger partial charge >= 0.3 is 5.97 Å². The zero-order valence-corrected chi connectivity index (χ0v) is 10.1. The summed E-state index contributed by atoms with van der Waals surface area (Å²) in [6.45, 7) is 1.62. The average Bonchev–Trinajstić information content (AvgIpc) is 2.14. The van der Waals surface area contributed by atoms with Gasteiger partial charge in [0.05, 0.1) is 0 Å². The minimum atomic E-state index is -3.83. The van der Waals surface area contributed by atoms with Gasteiger partial charge in [-0.05, 0) is 24.6 Å². The fraction of sp³-hybridized carbons (Fsp3) is 0.300. The Hall–Kier alpha value is -1.60. The second kappa shape index (κ2) is 5.15. The van der Waals surface area contributed by atoms with E-state index in [2.05, 4.69) is 4.72 Å². The first kappa shape index (κ1) is 13.5. The van der Waals surface area contributed by atoms with Crippen LogP contribution in [-0.4, -0.2) is 25.2 Å². The molecule has 6 nitrogen and oxygen atoms in total. The maximum Gasteiger partial charge on any atom is 0.320 e. The molecule has 1 unspecified atom stereocenters. The standard InChI is InChI=1S/C10H14N2O4S/c1-7(8-3-2-4-9(11)5-8)12-17(15,16)6-10(13)14/h2-5,7,12H,6,11H2,1H3,(H,13,14). The third-order valence-corrected chi connectivity index (χ3v) is 3.42. The molecule has 0 aliphatic rings. The summed E-state index contributed by atoms with van der Waals surface area (Å²) in [5.41, 5.74) is 6.77. The summed E-state index contributed by atoms with van der Waals surface area (Å²) >= 11 is 0. The van der Waals surface area contributed by atoms with Crippen molar-refractivity contribution in [1.29, 1.82) is 0 Å². The Bertz CT molecular complexity index is 513. The van der Waals surface area contributed by atoms with E-state index in [-0.39, 0.29) is 0 Å². The summed E-state index contributed by atoms with van der Waals surface area (Å²) in [5.74, 6) is -2.34. The van der Waals surface area contributed by atoms with Crippen molar-refractivity contribution in [2.24, 2.45) is 0 Å². The topological polar surface area (TPSA) is 109 Å². The number of anilines is 1. The molecule has 1 aromatic carbocycles. The van der Waals surface area contributed by atoms with Gasteiger partial charge < -0.3 is 10.8 Å². The van der Waals surface area contributed by atoms with Gasteiger partial charge in [-0.15, -0.1) is 0 Å². The Morgan fingerprint density at radius 3 is 2.71 bits per heavy atom. The van der Waals surface area contributed by atoms with Crippen LogP contribution in [0.25, 0.3) is 0 Å². The third-order valence-electron chi connectivity index (χ3n) is 2.08. The Balaban J connectivity index is 2.79. The van der Waals surface area contributed by atoms with Crippen LogP contribution < -0.4 is 10.5 Å². The maximum absolute atomic E-state index is 11.4. The number of carboxylic acid groups (broad SMARTS) is 1. The molecule has 1 rings (SSSR count). The van der Waals surface area contributed by atoms with Crippen LogP contribution in [0.2, 0.25) is 0 Å². The SMILES string of the molecule is CC(NS(=O)(=O)CC(=O)O)c1cccc(N)c1. The molecule has 0 bridgehead atoms. The summed E-state index contributed by atoms with van der Waals surface area (Å²) in [7, 11) is -3.83. The molecule has 7 heteroatoms. The van der Waals surface area contributed by atoms with Crippen LogP contribution in [0, 0.1) is 0 Å². The number of carbonyl (C=O) groups is 1. The highest BCUT2D eigenvalue weighted by atomic mass is 32.2. The van der Waals surface area contributed by atoms with E-state index in [1.165, 1.54) is 0 Å². The lowest BCUT2D eigenvalue weighted by atomic mass is 10.1. The number of rotatable bonds is 5. The molecule has 0 amide bonds. The van der Waals surface area contributed by atoms with Gasteiger partial charge in [-0.3, -0.25) is 4.79 Å². The number of nitrogens with one attached hydrogen (secondary N) is 1. The van der Waals surface area contributed by atoms with Crippen molar-refractivity contribution in [3.63, 3.8) is 0 Å². The number of benzene rings is 1. The smallest absolute Gasteiger partial charge is 0.320 e. The lowest BCUT2D eigenvalue weighted by Gasteiger charge is -2.14. The minimum Gasteiger partial charge on any atom is -0.480 e. The molecule has 1 aromatic rings. The van der Waals surface area contributed by atoms with E-state index in [9.17, 15) is 13.2 Å². The predicted molar refractivity (Wildman–Crippen MR) is 63.8 cm³/mol. The molecule has 0 saturated carbocycles. The van der Waals surface area contributed by atoms with E-state index >= 15 is 0 Å². The van der Waals surface area contributed by atoms with E-state index in [0.717, 1.165) is 0 Å². The highest BCUT2D eigenvalue weighted by Crippen LogP contribution is 2.16. The molecule has 0 fully saturated rings. The Kier molecular flexibility index (Phi) is 4.08. The van der Waals surface area contributed by atoms with Gasteiger partial charge in [0.2, 0.25) is 10.0 Å². The molecule has 4 N–H and O–H groups in total. The second-order valence-electron chi connectivity index (χ2n) is 3.66. The van der Waals surface area contributed by atoms with Gasteiger partial charge in [0, 0.05) is 11.7 Å². The summed E-state index contributed by atoms with van der Waals surface area (Å²) in [6, 6.07) is 6.20. The third kappa shape index (κ3) is 4.41. The fourth-order valence-corrected chi connectivity index (χ4v) is 2.45. The van der Waals surface area contributed by atoms with E-state index in [1.807, 2.05) is 0 Å². The number of hydrogen-bond acceptors (Lipinski definition) is 4. The average molecular weight is 258 g/mol. The van der Waals surface area contributed by atoms with Crippen molar-refractivity contribution < 1.29 is 18.3 Å². The van der Waals surface area contributed by atoms with Crippen molar-refractivity contribution in [1.82, 2.24) is 4.72 Å². The molecule has 94 valence electrons. The molecule has 0 spiro atoms. The zero-order chi connectivity index (χ0) is 13.1. The largest absolute Gasteiger partial charge is 0.480 e. The molecule has 1 atom stereocenters. The number of nitrogens with two attached hydrogens (primary N) is 1. The molecule has 0 saturated heterocycles. The molecule has 0 aliphatic heterocycles. The first-order chi connectivity index (χ1) is 7.80. The van der Waals surface area contributed by atoms with Crippen LogP contribution in [0.5, 0.6) is 0 Å². The van der Waals surface area contributed by atoms with Crippen LogP contribution in [0.3, 0.4) is 0 Å². The van der Waals surface area contributed by atoms with Crippen molar-refractivity contribution >= 4 is 21.7 Å². The molecule has 0 aliphatic carbocycles. The Labute approximate surface area is 99.5 Å². The van der Waals surface area contributed by atoms with E-state index in [1.54, 1.807) is 31.2 Å². The molecular weight excluding hydrogens is 244 g/mol. The Morgan fingerprint density at radius 2 is 2.18 bits per heavy atom. The van der Waals surface area contributed by atoms with Gasteiger partial charge in [-0.2, -0.15) is 0 Å². The van der Waals surface area contributed by atoms with Gasteiger partial charge in [0.15, 0.2) is 5.75 Å². The van der Waals surface area contributed by atoms with E-state index in [0.29, 0.717) is 11.3 Å². The number of carboxylic acids is 1. The molecule has 0 heterocycles. The van der Waals surface area contributed by atoms with Crippen LogP contribution in [-0.2, 0) is 14.8 Å². The van der Waals surface area contributed by atoms with Crippen molar-refractivity contribution in [2.75, 3.05) is 11.5 Å². The zero-order valence-electron chi connectivity index (χ0n) is 9.25. The summed E-state index contributed by atoms with van der Waals surface area (Å²) in [5, 5.41) is 8.44. The van der Waals surface area contributed by atoms with Crippen LogP contribution in [0.1, 0.15) is 18.5 Å². The van der Waals surface area contributed by atoms with Crippen LogP contribution >= 0.6 is 0 Å². The maximum atomic E-state index is 11.4. The normalized spacial score (nSPS) is 13.2. The highest BCUT2D eigenvalue weighted by molar-refractivity contribution is 7.90. The van der Waals surface area contributed by atoms with Gasteiger partial charge in [-0.25, -0.2) is 13.1 Å². The fourth-order valence-electron chi connectivity index (χ4n) is 1.37.